The lowest BCUT2D eigenvalue weighted by molar-refractivity contribution is -0.138. The standard InChI is InChI=1S/C13H15ClN4O2S/c1-8(12(19)17-2-4-20-5-3-17)18-11-10(16-13(18)21)6-9(14)7-15-11/h6-8H,2-5H2,1H3,(H,16,21). The second kappa shape index (κ2) is 5.75. The van der Waals surface area contributed by atoms with Gasteiger partial charge < -0.3 is 14.6 Å². The number of nitrogens with zero attached hydrogens (tertiary/aromatic N) is 3. The van der Waals surface area contributed by atoms with Crippen molar-refractivity contribution in [2.45, 2.75) is 13.0 Å². The van der Waals surface area contributed by atoms with Gasteiger partial charge in [-0.2, -0.15) is 0 Å². The number of nitrogens with one attached hydrogen (secondary N) is 1. The van der Waals surface area contributed by atoms with E-state index in [1.165, 1.54) is 0 Å². The minimum absolute atomic E-state index is 0.0204. The highest BCUT2D eigenvalue weighted by Gasteiger charge is 2.25. The van der Waals surface area contributed by atoms with Crippen LogP contribution in [0.5, 0.6) is 0 Å². The highest BCUT2D eigenvalue weighted by molar-refractivity contribution is 7.71. The van der Waals surface area contributed by atoms with Crippen molar-refractivity contribution >= 4 is 40.9 Å². The SMILES string of the molecule is CC(C(=O)N1CCOCC1)n1c(=S)[nH]c2cc(Cl)cnc21. The lowest BCUT2D eigenvalue weighted by atomic mass is 10.2. The summed E-state index contributed by atoms with van der Waals surface area (Å²) < 4.78 is 7.47. The van der Waals surface area contributed by atoms with Gasteiger partial charge in [0, 0.05) is 19.3 Å². The Hall–Kier alpha value is -1.44. The van der Waals surface area contributed by atoms with E-state index in [0.29, 0.717) is 41.7 Å². The van der Waals surface area contributed by atoms with Crippen LogP contribution in [0, 0.1) is 4.77 Å². The molecule has 1 amide bonds. The summed E-state index contributed by atoms with van der Waals surface area (Å²) in [5.74, 6) is 0.0204. The van der Waals surface area contributed by atoms with Gasteiger partial charge in [-0.1, -0.05) is 11.6 Å². The molecule has 0 aliphatic carbocycles. The molecule has 1 N–H and O–H groups in total. The van der Waals surface area contributed by atoms with Crippen LogP contribution in [0.4, 0.5) is 0 Å². The normalized spacial score (nSPS) is 17.1. The second-order valence-corrected chi connectivity index (χ2v) is 5.76. The Balaban J connectivity index is 1.97. The number of carbonyl (C=O) groups is 1. The molecule has 2 aromatic rings. The van der Waals surface area contributed by atoms with Crippen LogP contribution in [0.2, 0.25) is 5.02 Å². The second-order valence-electron chi connectivity index (χ2n) is 4.94. The van der Waals surface area contributed by atoms with Gasteiger partial charge in [0.15, 0.2) is 10.4 Å². The maximum absolute atomic E-state index is 12.6. The van der Waals surface area contributed by atoms with Crippen LogP contribution in [-0.2, 0) is 9.53 Å². The number of pyridine rings is 1. The first-order chi connectivity index (χ1) is 10.1. The van der Waals surface area contributed by atoms with Crippen LogP contribution in [0.15, 0.2) is 12.3 Å². The number of imidazole rings is 1. The van der Waals surface area contributed by atoms with Crippen LogP contribution < -0.4 is 0 Å². The highest BCUT2D eigenvalue weighted by Crippen LogP contribution is 2.21. The molecule has 21 heavy (non-hydrogen) atoms. The molecule has 0 radical (unpaired) electrons. The van der Waals surface area contributed by atoms with Gasteiger partial charge >= 0.3 is 0 Å². The van der Waals surface area contributed by atoms with E-state index in [-0.39, 0.29) is 5.91 Å². The van der Waals surface area contributed by atoms with Crippen LogP contribution in [-0.4, -0.2) is 51.6 Å². The number of amides is 1. The Labute approximate surface area is 131 Å². The Kier molecular flexibility index (Phi) is 3.97. The molecule has 1 unspecified atom stereocenters. The monoisotopic (exact) mass is 326 g/mol. The molecule has 1 saturated heterocycles. The van der Waals surface area contributed by atoms with Crippen LogP contribution in [0.1, 0.15) is 13.0 Å². The molecule has 2 aromatic heterocycles. The molecule has 3 heterocycles. The maximum Gasteiger partial charge on any atom is 0.245 e. The first kappa shape index (κ1) is 14.5. The van der Waals surface area contributed by atoms with Crippen molar-refractivity contribution in [1.29, 1.82) is 0 Å². The molecule has 1 fully saturated rings. The quantitative estimate of drug-likeness (QED) is 0.859. The summed E-state index contributed by atoms with van der Waals surface area (Å²) in [6, 6.07) is 1.33. The number of hydrogen-bond donors (Lipinski definition) is 1. The van der Waals surface area contributed by atoms with Gasteiger partial charge in [-0.25, -0.2) is 4.98 Å². The lowest BCUT2D eigenvalue weighted by Crippen LogP contribution is -2.43. The smallest absolute Gasteiger partial charge is 0.245 e. The zero-order valence-electron chi connectivity index (χ0n) is 11.5. The number of aromatic nitrogens is 3. The molecule has 8 heteroatoms. The molecule has 1 atom stereocenters. The van der Waals surface area contributed by atoms with Gasteiger partial charge in [-0.3, -0.25) is 9.36 Å². The summed E-state index contributed by atoms with van der Waals surface area (Å²) in [7, 11) is 0. The zero-order chi connectivity index (χ0) is 15.0. The number of carbonyl (C=O) groups excluding carboxylic acids is 1. The third-order valence-electron chi connectivity index (χ3n) is 3.59. The number of hydrogen-bond acceptors (Lipinski definition) is 4. The number of fused-ring (bicyclic) bond motifs is 1. The lowest BCUT2D eigenvalue weighted by Gasteiger charge is -2.29. The van der Waals surface area contributed by atoms with E-state index in [0.717, 1.165) is 5.52 Å². The van der Waals surface area contributed by atoms with Crippen LogP contribution in [0.25, 0.3) is 11.2 Å². The fourth-order valence-electron chi connectivity index (χ4n) is 2.51. The van der Waals surface area contributed by atoms with E-state index in [2.05, 4.69) is 9.97 Å². The minimum Gasteiger partial charge on any atom is -0.378 e. The Morgan fingerprint density at radius 2 is 2.24 bits per heavy atom. The molecule has 0 bridgehead atoms. The fraction of sp³-hybridized carbons (Fsp3) is 0.462. The first-order valence-electron chi connectivity index (χ1n) is 6.70. The van der Waals surface area contributed by atoms with E-state index < -0.39 is 6.04 Å². The molecule has 112 valence electrons. The number of ether oxygens (including phenoxy) is 1. The molecular weight excluding hydrogens is 312 g/mol. The van der Waals surface area contributed by atoms with Crippen LogP contribution in [0.3, 0.4) is 0 Å². The van der Waals surface area contributed by atoms with Gasteiger partial charge in [0.25, 0.3) is 0 Å². The molecular formula is C13H15ClN4O2S. The average Bonchev–Trinajstić information content (AvgIpc) is 2.81. The van der Waals surface area contributed by atoms with E-state index in [9.17, 15) is 4.79 Å². The Morgan fingerprint density at radius 1 is 1.52 bits per heavy atom. The summed E-state index contributed by atoms with van der Waals surface area (Å²) in [6.45, 7) is 4.20. The first-order valence-corrected chi connectivity index (χ1v) is 7.49. The number of H-pyrrole nitrogens is 1. The largest absolute Gasteiger partial charge is 0.378 e. The van der Waals surface area contributed by atoms with Gasteiger partial charge in [0.1, 0.15) is 6.04 Å². The van der Waals surface area contributed by atoms with Gasteiger partial charge in [0.2, 0.25) is 5.91 Å². The zero-order valence-corrected chi connectivity index (χ0v) is 13.1. The third kappa shape index (κ3) is 2.68. The summed E-state index contributed by atoms with van der Waals surface area (Å²) in [4.78, 5) is 21.7. The number of rotatable bonds is 2. The molecule has 0 spiro atoms. The van der Waals surface area contributed by atoms with Gasteiger partial charge in [-0.05, 0) is 25.2 Å². The van der Waals surface area contributed by atoms with Crippen LogP contribution >= 0.6 is 23.8 Å². The van der Waals surface area contributed by atoms with Crippen molar-refractivity contribution in [2.75, 3.05) is 26.3 Å². The third-order valence-corrected chi connectivity index (χ3v) is 4.09. The number of aromatic amines is 1. The van der Waals surface area contributed by atoms with Crippen molar-refractivity contribution in [3.63, 3.8) is 0 Å². The molecule has 1 aliphatic heterocycles. The molecule has 6 nitrogen and oxygen atoms in total. The minimum atomic E-state index is -0.418. The topological polar surface area (TPSA) is 63.1 Å². The van der Waals surface area contributed by atoms with E-state index in [1.54, 1.807) is 21.7 Å². The van der Waals surface area contributed by atoms with Gasteiger partial charge in [-0.15, -0.1) is 0 Å². The van der Waals surface area contributed by atoms with Crippen molar-refractivity contribution in [3.8, 4) is 0 Å². The summed E-state index contributed by atoms with van der Waals surface area (Å²) in [5, 5.41) is 0.526. The number of morpholine rings is 1. The Morgan fingerprint density at radius 3 is 2.95 bits per heavy atom. The molecule has 0 saturated carbocycles. The van der Waals surface area contributed by atoms with Gasteiger partial charge in [0.05, 0.1) is 23.8 Å². The molecule has 1 aliphatic rings. The molecule has 3 rings (SSSR count). The molecule has 0 aromatic carbocycles. The van der Waals surface area contributed by atoms with E-state index in [4.69, 9.17) is 28.6 Å². The van der Waals surface area contributed by atoms with E-state index >= 15 is 0 Å². The maximum atomic E-state index is 12.6. The van der Waals surface area contributed by atoms with Crippen molar-refractivity contribution in [2.24, 2.45) is 0 Å². The summed E-state index contributed by atoms with van der Waals surface area (Å²) in [6.07, 6.45) is 1.55. The van der Waals surface area contributed by atoms with Crippen molar-refractivity contribution in [1.82, 2.24) is 19.4 Å². The fourth-order valence-corrected chi connectivity index (χ4v) is 3.02. The van der Waals surface area contributed by atoms with Crippen molar-refractivity contribution < 1.29 is 9.53 Å². The summed E-state index contributed by atoms with van der Waals surface area (Å²) >= 11 is 11.3. The predicted octanol–water partition coefficient (Wildman–Crippen LogP) is 2.17. The Bertz CT molecular complexity index is 735. The van der Waals surface area contributed by atoms with Crippen molar-refractivity contribution in [3.05, 3.63) is 22.1 Å². The summed E-state index contributed by atoms with van der Waals surface area (Å²) in [5.41, 5.74) is 1.37. The number of halogens is 1. The average molecular weight is 327 g/mol. The predicted molar refractivity (Wildman–Crippen MR) is 82.0 cm³/mol. The van der Waals surface area contributed by atoms with E-state index in [1.807, 2.05) is 6.92 Å². The highest BCUT2D eigenvalue weighted by atomic mass is 35.5.